The molecular formula is C17H14N2O3. The van der Waals surface area contributed by atoms with Crippen LogP contribution in [-0.4, -0.2) is 22.6 Å². The average Bonchev–Trinajstić information content (AvgIpc) is 2.88. The van der Waals surface area contributed by atoms with Gasteiger partial charge in [0, 0.05) is 24.0 Å². The van der Waals surface area contributed by atoms with E-state index < -0.39 is 0 Å². The Morgan fingerprint density at radius 2 is 1.36 bits per heavy atom. The Kier molecular flexibility index (Phi) is 3.70. The summed E-state index contributed by atoms with van der Waals surface area (Å²) in [4.78, 5) is 35.3. The molecule has 0 bridgehead atoms. The van der Waals surface area contributed by atoms with Crippen molar-refractivity contribution in [2.24, 2.45) is 0 Å². The van der Waals surface area contributed by atoms with Crippen LogP contribution >= 0.6 is 0 Å². The molecule has 1 N–H and O–H groups in total. The maximum atomic E-state index is 12.3. The summed E-state index contributed by atoms with van der Waals surface area (Å²) in [7, 11) is 0. The van der Waals surface area contributed by atoms with Crippen molar-refractivity contribution in [3.63, 3.8) is 0 Å². The van der Waals surface area contributed by atoms with Crippen LogP contribution in [-0.2, 0) is 9.59 Å². The molecule has 22 heavy (non-hydrogen) atoms. The van der Waals surface area contributed by atoms with Crippen LogP contribution in [0.4, 0.5) is 5.69 Å². The number of benzene rings is 2. The van der Waals surface area contributed by atoms with Gasteiger partial charge in [0.1, 0.15) is 0 Å². The summed E-state index contributed by atoms with van der Waals surface area (Å²) in [6, 6.07) is 15.7. The Morgan fingerprint density at radius 1 is 0.818 bits per heavy atom. The van der Waals surface area contributed by atoms with Crippen molar-refractivity contribution in [1.29, 1.82) is 0 Å². The van der Waals surface area contributed by atoms with Crippen LogP contribution in [0.25, 0.3) is 0 Å². The molecule has 3 rings (SSSR count). The van der Waals surface area contributed by atoms with Gasteiger partial charge in [-0.3, -0.25) is 19.8 Å². The molecule has 0 spiro atoms. The van der Waals surface area contributed by atoms with Gasteiger partial charge in [0.2, 0.25) is 11.8 Å². The maximum absolute atomic E-state index is 12.3. The average molecular weight is 294 g/mol. The lowest BCUT2D eigenvalue weighted by atomic mass is 10.0. The van der Waals surface area contributed by atoms with E-state index >= 15 is 0 Å². The van der Waals surface area contributed by atoms with Crippen molar-refractivity contribution in [2.45, 2.75) is 12.8 Å². The summed E-state index contributed by atoms with van der Waals surface area (Å²) < 4.78 is 0. The minimum atomic E-state index is -0.241. The number of anilines is 1. The Morgan fingerprint density at radius 3 is 1.95 bits per heavy atom. The van der Waals surface area contributed by atoms with Gasteiger partial charge in [0.25, 0.3) is 0 Å². The van der Waals surface area contributed by atoms with Gasteiger partial charge in [-0.25, -0.2) is 0 Å². The second kappa shape index (κ2) is 5.81. The van der Waals surface area contributed by atoms with Gasteiger partial charge in [-0.15, -0.1) is 0 Å². The number of hydrogen-bond donors (Lipinski definition) is 1. The normalized spacial score (nSPS) is 14.3. The number of carbonyl (C=O) groups is 3. The van der Waals surface area contributed by atoms with E-state index in [1.54, 1.807) is 36.4 Å². The van der Waals surface area contributed by atoms with Gasteiger partial charge in [0.15, 0.2) is 5.78 Å². The summed E-state index contributed by atoms with van der Waals surface area (Å²) in [6.45, 7) is 0. The van der Waals surface area contributed by atoms with Gasteiger partial charge < -0.3 is 0 Å². The second-order valence-electron chi connectivity index (χ2n) is 5.01. The maximum Gasteiger partial charge on any atom is 0.248 e. The van der Waals surface area contributed by atoms with Crippen LogP contribution in [0, 0.1) is 0 Å². The minimum absolute atomic E-state index is 0.0690. The fourth-order valence-corrected chi connectivity index (χ4v) is 2.28. The van der Waals surface area contributed by atoms with Crippen molar-refractivity contribution >= 4 is 23.3 Å². The highest BCUT2D eigenvalue weighted by atomic mass is 16.2. The third-order valence-corrected chi connectivity index (χ3v) is 3.48. The fourth-order valence-electron chi connectivity index (χ4n) is 2.28. The first kappa shape index (κ1) is 14.0. The number of ketones is 1. The molecule has 0 radical (unpaired) electrons. The fraction of sp³-hybridized carbons (Fsp3) is 0.118. The van der Waals surface area contributed by atoms with Crippen LogP contribution < -0.4 is 5.43 Å². The highest BCUT2D eigenvalue weighted by Gasteiger charge is 2.29. The zero-order valence-corrected chi connectivity index (χ0v) is 11.8. The van der Waals surface area contributed by atoms with E-state index in [0.717, 1.165) is 5.01 Å². The van der Waals surface area contributed by atoms with Crippen LogP contribution in [0.2, 0.25) is 0 Å². The van der Waals surface area contributed by atoms with E-state index in [0.29, 0.717) is 16.8 Å². The molecule has 1 heterocycles. The third kappa shape index (κ3) is 2.74. The molecule has 1 saturated heterocycles. The molecule has 2 aromatic rings. The largest absolute Gasteiger partial charge is 0.289 e. The van der Waals surface area contributed by atoms with Crippen molar-refractivity contribution in [1.82, 2.24) is 5.01 Å². The molecule has 5 nitrogen and oxygen atoms in total. The van der Waals surface area contributed by atoms with Gasteiger partial charge >= 0.3 is 0 Å². The first-order valence-corrected chi connectivity index (χ1v) is 6.97. The molecule has 1 aliphatic rings. The molecule has 0 atom stereocenters. The molecule has 5 heteroatoms. The van der Waals surface area contributed by atoms with E-state index in [1.165, 1.54) is 0 Å². The number of imide groups is 1. The predicted octanol–water partition coefficient (Wildman–Crippen LogP) is 2.39. The first-order valence-electron chi connectivity index (χ1n) is 6.97. The number of nitrogens with zero attached hydrogens (tertiary/aromatic N) is 1. The van der Waals surface area contributed by atoms with Gasteiger partial charge in [-0.05, 0) is 24.3 Å². The molecule has 0 aromatic heterocycles. The number of rotatable bonds is 4. The Labute approximate surface area is 127 Å². The standard InChI is InChI=1S/C17H14N2O3/c20-15-10-11-16(21)19(15)18-14-8-6-13(7-9-14)17(22)12-4-2-1-3-5-12/h1-9,18H,10-11H2. The molecule has 2 aromatic carbocycles. The van der Waals surface area contributed by atoms with Crippen molar-refractivity contribution < 1.29 is 14.4 Å². The SMILES string of the molecule is O=C(c1ccccc1)c1ccc(NN2C(=O)CCC2=O)cc1. The Bertz CT molecular complexity index is 707. The number of amides is 2. The smallest absolute Gasteiger partial charge is 0.248 e. The Hall–Kier alpha value is -2.95. The molecular weight excluding hydrogens is 280 g/mol. The lowest BCUT2D eigenvalue weighted by Gasteiger charge is -2.16. The summed E-state index contributed by atoms with van der Waals surface area (Å²) in [5, 5.41) is 1.02. The van der Waals surface area contributed by atoms with Crippen LogP contribution in [0.5, 0.6) is 0 Å². The van der Waals surface area contributed by atoms with Crippen LogP contribution in [0.3, 0.4) is 0 Å². The Balaban J connectivity index is 1.74. The summed E-state index contributed by atoms with van der Waals surface area (Å²) in [6.07, 6.45) is 0.465. The molecule has 1 fully saturated rings. The molecule has 0 aliphatic carbocycles. The second-order valence-corrected chi connectivity index (χ2v) is 5.01. The topological polar surface area (TPSA) is 66.5 Å². The zero-order chi connectivity index (χ0) is 15.5. The number of nitrogens with one attached hydrogen (secondary N) is 1. The van der Waals surface area contributed by atoms with E-state index in [1.807, 2.05) is 18.2 Å². The molecule has 110 valence electrons. The quantitative estimate of drug-likeness (QED) is 0.694. The molecule has 2 amide bonds. The number of hydrogen-bond acceptors (Lipinski definition) is 4. The zero-order valence-electron chi connectivity index (χ0n) is 11.8. The summed E-state index contributed by atoms with van der Waals surface area (Å²) >= 11 is 0. The van der Waals surface area contributed by atoms with Crippen molar-refractivity contribution in [2.75, 3.05) is 5.43 Å². The van der Waals surface area contributed by atoms with Crippen molar-refractivity contribution in [3.05, 3.63) is 65.7 Å². The third-order valence-electron chi connectivity index (χ3n) is 3.48. The lowest BCUT2D eigenvalue weighted by molar-refractivity contribution is -0.136. The van der Waals surface area contributed by atoms with E-state index in [9.17, 15) is 14.4 Å². The highest BCUT2D eigenvalue weighted by molar-refractivity contribution is 6.09. The van der Waals surface area contributed by atoms with Gasteiger partial charge in [-0.1, -0.05) is 30.3 Å². The lowest BCUT2D eigenvalue weighted by Crippen LogP contribution is -2.34. The van der Waals surface area contributed by atoms with Gasteiger partial charge in [-0.2, -0.15) is 5.01 Å². The first-order chi connectivity index (χ1) is 10.6. The van der Waals surface area contributed by atoms with E-state index in [4.69, 9.17) is 0 Å². The molecule has 0 saturated carbocycles. The van der Waals surface area contributed by atoms with Gasteiger partial charge in [0.05, 0.1) is 5.69 Å². The summed E-state index contributed by atoms with van der Waals surface area (Å²) in [5.41, 5.74) is 4.53. The number of carbonyl (C=O) groups excluding carboxylic acids is 3. The van der Waals surface area contributed by atoms with Crippen molar-refractivity contribution in [3.8, 4) is 0 Å². The molecule has 0 unspecified atom stereocenters. The predicted molar refractivity (Wildman–Crippen MR) is 81.0 cm³/mol. The van der Waals surface area contributed by atoms with E-state index in [-0.39, 0.29) is 30.4 Å². The van der Waals surface area contributed by atoms with Crippen LogP contribution in [0.15, 0.2) is 54.6 Å². The van der Waals surface area contributed by atoms with Crippen LogP contribution in [0.1, 0.15) is 28.8 Å². The summed E-state index contributed by atoms with van der Waals surface area (Å²) in [5.74, 6) is -0.552. The molecule has 1 aliphatic heterocycles. The van der Waals surface area contributed by atoms with E-state index in [2.05, 4.69) is 5.43 Å². The minimum Gasteiger partial charge on any atom is -0.289 e. The number of hydrazine groups is 1. The highest BCUT2D eigenvalue weighted by Crippen LogP contribution is 2.17. The monoisotopic (exact) mass is 294 g/mol.